The van der Waals surface area contributed by atoms with Crippen molar-refractivity contribution >= 4 is 5.82 Å². The van der Waals surface area contributed by atoms with E-state index in [1.54, 1.807) is 6.92 Å². The number of hydrogen-bond acceptors (Lipinski definition) is 6. The van der Waals surface area contributed by atoms with Crippen molar-refractivity contribution in [3.63, 3.8) is 0 Å². The molecule has 0 aliphatic carbocycles. The van der Waals surface area contributed by atoms with Crippen LogP contribution >= 0.6 is 0 Å². The molecule has 7 heteroatoms. The summed E-state index contributed by atoms with van der Waals surface area (Å²) in [7, 11) is 0. The van der Waals surface area contributed by atoms with Crippen LogP contribution < -0.4 is 11.4 Å². The third-order valence-corrected chi connectivity index (χ3v) is 3.04. The van der Waals surface area contributed by atoms with Crippen LogP contribution in [0.3, 0.4) is 0 Å². The summed E-state index contributed by atoms with van der Waals surface area (Å²) in [6, 6.07) is 3.42. The Morgan fingerprint density at radius 3 is 3.06 bits per heavy atom. The average Bonchev–Trinajstić information content (AvgIpc) is 2.74. The van der Waals surface area contributed by atoms with Crippen molar-refractivity contribution in [2.45, 2.75) is 37.7 Å². The lowest BCUT2D eigenvalue weighted by atomic mass is 10.1. The molecule has 2 heterocycles. The van der Waals surface area contributed by atoms with Crippen LogP contribution in [0.4, 0.5) is 5.82 Å². The molecular formula is C11H14N4O3. The maximum absolute atomic E-state index is 11.7. The number of aromatic nitrogens is 2. The smallest absolute Gasteiger partial charge is 0.352 e. The van der Waals surface area contributed by atoms with Gasteiger partial charge < -0.3 is 15.6 Å². The zero-order chi connectivity index (χ0) is 13.3. The summed E-state index contributed by atoms with van der Waals surface area (Å²) < 4.78 is 6.65. The lowest BCUT2D eigenvalue weighted by Gasteiger charge is -2.24. The number of rotatable bonds is 2. The van der Waals surface area contributed by atoms with Gasteiger partial charge in [0, 0.05) is 12.6 Å². The highest BCUT2D eigenvalue weighted by Crippen LogP contribution is 2.34. The molecule has 0 bridgehead atoms. The molecule has 2 rings (SSSR count). The molecule has 0 radical (unpaired) electrons. The number of aliphatic hydroxyl groups excluding tert-OH is 1. The van der Waals surface area contributed by atoms with Gasteiger partial charge in [-0.1, -0.05) is 0 Å². The zero-order valence-corrected chi connectivity index (χ0v) is 9.91. The number of anilines is 1. The largest absolute Gasteiger partial charge is 0.391 e. The number of nitrogens with zero attached hydrogens (tertiary/aromatic N) is 3. The minimum absolute atomic E-state index is 0.0920. The Bertz CT molecular complexity index is 548. The monoisotopic (exact) mass is 250 g/mol. The molecule has 96 valence electrons. The Morgan fingerprint density at radius 2 is 2.56 bits per heavy atom. The number of ether oxygens (including phenoxy) is 1. The second-order valence-corrected chi connectivity index (χ2v) is 4.34. The highest BCUT2D eigenvalue weighted by molar-refractivity contribution is 5.24. The average molecular weight is 250 g/mol. The summed E-state index contributed by atoms with van der Waals surface area (Å²) in [6.07, 6.45) is 1.05. The molecule has 1 aliphatic heterocycles. The molecule has 7 nitrogen and oxygen atoms in total. The minimum atomic E-state index is -1.40. The van der Waals surface area contributed by atoms with Gasteiger partial charge in [-0.3, -0.25) is 4.57 Å². The maximum atomic E-state index is 11.7. The van der Waals surface area contributed by atoms with E-state index in [4.69, 9.17) is 10.5 Å². The van der Waals surface area contributed by atoms with Gasteiger partial charge in [0.1, 0.15) is 11.9 Å². The molecule has 1 fully saturated rings. The van der Waals surface area contributed by atoms with Gasteiger partial charge >= 0.3 is 5.69 Å². The summed E-state index contributed by atoms with van der Waals surface area (Å²) in [5.74, 6) is 0.0920. The van der Waals surface area contributed by atoms with E-state index in [2.05, 4.69) is 4.98 Å². The van der Waals surface area contributed by atoms with Crippen molar-refractivity contribution in [3.05, 3.63) is 22.7 Å². The Hall–Kier alpha value is -1.91. The van der Waals surface area contributed by atoms with Gasteiger partial charge in [-0.25, -0.2) is 4.79 Å². The molecule has 1 saturated heterocycles. The van der Waals surface area contributed by atoms with E-state index in [0.717, 1.165) is 4.57 Å². The van der Waals surface area contributed by atoms with E-state index in [9.17, 15) is 15.2 Å². The number of nitrogens with two attached hydrogens (primary N) is 1. The summed E-state index contributed by atoms with van der Waals surface area (Å²) in [4.78, 5) is 15.3. The van der Waals surface area contributed by atoms with Crippen molar-refractivity contribution < 1.29 is 9.84 Å². The fourth-order valence-corrected chi connectivity index (χ4v) is 2.05. The quantitative estimate of drug-likeness (QED) is 0.735. The first-order chi connectivity index (χ1) is 8.48. The Morgan fingerprint density at radius 1 is 1.83 bits per heavy atom. The number of nitrogen functional groups attached to an aromatic ring is 1. The van der Waals surface area contributed by atoms with Gasteiger partial charge in [0.05, 0.1) is 12.2 Å². The van der Waals surface area contributed by atoms with Gasteiger partial charge in [0.25, 0.3) is 0 Å². The minimum Gasteiger partial charge on any atom is -0.391 e. The van der Waals surface area contributed by atoms with Crippen LogP contribution in [0.15, 0.2) is 17.1 Å². The topological polar surface area (TPSA) is 114 Å². The predicted octanol–water partition coefficient (Wildman–Crippen LogP) is -0.438. The number of hydrogen-bond donors (Lipinski definition) is 2. The van der Waals surface area contributed by atoms with Gasteiger partial charge in [-0.2, -0.15) is 10.2 Å². The lowest BCUT2D eigenvalue weighted by Crippen LogP contribution is -2.42. The lowest BCUT2D eigenvalue weighted by molar-refractivity contribution is -0.0956. The molecule has 0 spiro atoms. The molecule has 0 aromatic carbocycles. The Kier molecular flexibility index (Phi) is 3.07. The van der Waals surface area contributed by atoms with Gasteiger partial charge in [-0.05, 0) is 19.4 Å². The van der Waals surface area contributed by atoms with Crippen LogP contribution in [0, 0.1) is 11.3 Å². The van der Waals surface area contributed by atoms with Gasteiger partial charge in [0.2, 0.25) is 5.72 Å². The van der Waals surface area contributed by atoms with Crippen LogP contribution in [0.25, 0.3) is 0 Å². The highest BCUT2D eigenvalue weighted by atomic mass is 16.5. The first kappa shape index (κ1) is 12.5. The molecule has 0 saturated carbocycles. The summed E-state index contributed by atoms with van der Waals surface area (Å²) >= 11 is 0. The number of nitriles is 1. The zero-order valence-electron chi connectivity index (χ0n) is 9.91. The number of aliphatic hydroxyl groups is 1. The van der Waals surface area contributed by atoms with E-state index in [-0.39, 0.29) is 5.82 Å². The second kappa shape index (κ2) is 4.40. The van der Waals surface area contributed by atoms with E-state index in [1.165, 1.54) is 12.3 Å². The Balaban J connectivity index is 2.41. The highest BCUT2D eigenvalue weighted by Gasteiger charge is 2.44. The van der Waals surface area contributed by atoms with Crippen molar-refractivity contribution in [3.8, 4) is 6.07 Å². The molecule has 1 aromatic rings. The second-order valence-electron chi connectivity index (χ2n) is 4.34. The SMILES string of the molecule is C[C@@H](O)[C@@H]1CC[C@](C#N)(n2ccc(N)nc2=O)O1. The molecule has 18 heavy (non-hydrogen) atoms. The van der Waals surface area contributed by atoms with E-state index < -0.39 is 23.6 Å². The van der Waals surface area contributed by atoms with Crippen LogP contribution in [-0.4, -0.2) is 26.9 Å². The maximum Gasteiger partial charge on any atom is 0.352 e. The molecule has 3 atom stereocenters. The third-order valence-electron chi connectivity index (χ3n) is 3.04. The molecule has 0 amide bonds. The van der Waals surface area contributed by atoms with Crippen LogP contribution in [-0.2, 0) is 10.5 Å². The molecule has 0 unspecified atom stereocenters. The van der Waals surface area contributed by atoms with Crippen LogP contribution in [0.1, 0.15) is 19.8 Å². The van der Waals surface area contributed by atoms with Gasteiger partial charge in [-0.15, -0.1) is 0 Å². The summed E-state index contributed by atoms with van der Waals surface area (Å²) in [5, 5.41) is 18.8. The molecule has 1 aliphatic rings. The fraction of sp³-hybridized carbons (Fsp3) is 0.545. The molecular weight excluding hydrogens is 236 g/mol. The van der Waals surface area contributed by atoms with Crippen molar-refractivity contribution in [2.75, 3.05) is 5.73 Å². The normalized spacial score (nSPS) is 28.8. The van der Waals surface area contributed by atoms with E-state index in [1.807, 2.05) is 6.07 Å². The third kappa shape index (κ3) is 1.96. The van der Waals surface area contributed by atoms with E-state index >= 15 is 0 Å². The van der Waals surface area contributed by atoms with Crippen molar-refractivity contribution in [1.82, 2.24) is 9.55 Å². The molecule has 1 aromatic heterocycles. The summed E-state index contributed by atoms with van der Waals surface area (Å²) in [6.45, 7) is 1.59. The Labute approximate surface area is 103 Å². The van der Waals surface area contributed by atoms with Gasteiger partial charge in [0.15, 0.2) is 0 Å². The van der Waals surface area contributed by atoms with Crippen molar-refractivity contribution in [1.29, 1.82) is 5.26 Å². The van der Waals surface area contributed by atoms with Crippen LogP contribution in [0.2, 0.25) is 0 Å². The fourth-order valence-electron chi connectivity index (χ4n) is 2.05. The van der Waals surface area contributed by atoms with Crippen molar-refractivity contribution in [2.24, 2.45) is 0 Å². The standard InChI is InChI=1S/C11H14N4O3/c1-7(16)8-2-4-11(6-12,18-8)15-5-3-9(13)14-10(15)17/h3,5,7-8,16H,2,4H2,1H3,(H2,13,14,17)/t7-,8+,11+/m1/s1. The predicted molar refractivity (Wildman–Crippen MR) is 62.3 cm³/mol. The molecule has 3 N–H and O–H groups in total. The first-order valence-corrected chi connectivity index (χ1v) is 5.61. The first-order valence-electron chi connectivity index (χ1n) is 5.61. The van der Waals surface area contributed by atoms with Crippen LogP contribution in [0.5, 0.6) is 0 Å². The van der Waals surface area contributed by atoms with E-state index in [0.29, 0.717) is 12.8 Å². The summed E-state index contributed by atoms with van der Waals surface area (Å²) in [5.41, 5.74) is 3.36.